The Morgan fingerprint density at radius 3 is 1.34 bits per heavy atom. The van der Waals surface area contributed by atoms with E-state index in [1.54, 1.807) is 0 Å². The molecule has 1 nitrogen and oxygen atoms in total. The van der Waals surface area contributed by atoms with Crippen LogP contribution in [0.25, 0.3) is 62.6 Å². The molecule has 2 N–H and O–H groups in total. The molecule has 256 valence electrons. The van der Waals surface area contributed by atoms with Crippen molar-refractivity contribution < 1.29 is 0 Å². The van der Waals surface area contributed by atoms with E-state index >= 15 is 0 Å². The summed E-state index contributed by atoms with van der Waals surface area (Å²) in [5.74, 6) is 0. The molecule has 0 fully saturated rings. The van der Waals surface area contributed by atoms with Gasteiger partial charge >= 0.3 is 0 Å². The van der Waals surface area contributed by atoms with Crippen LogP contribution in [0.4, 0.5) is 5.69 Å². The normalized spacial score (nSPS) is 10.9. The largest absolute Gasteiger partial charge is 0.399 e. The number of benzene rings is 8. The van der Waals surface area contributed by atoms with Crippen molar-refractivity contribution in [2.75, 3.05) is 5.73 Å². The molecule has 0 atom stereocenters. The van der Waals surface area contributed by atoms with E-state index in [2.05, 4.69) is 168 Å². The van der Waals surface area contributed by atoms with Gasteiger partial charge in [0.1, 0.15) is 0 Å². The van der Waals surface area contributed by atoms with Gasteiger partial charge in [0.2, 0.25) is 0 Å². The number of fused-ring (bicyclic) bond motifs is 6. The summed E-state index contributed by atoms with van der Waals surface area (Å²) in [6, 6.07) is 68.2. The zero-order valence-corrected chi connectivity index (χ0v) is 32.2. The quantitative estimate of drug-likeness (QED) is 0.177. The van der Waals surface area contributed by atoms with Crippen molar-refractivity contribution in [1.29, 1.82) is 0 Å². The van der Waals surface area contributed by atoms with E-state index in [0.29, 0.717) is 0 Å². The van der Waals surface area contributed by atoms with E-state index in [-0.39, 0.29) is 0 Å². The molecule has 0 saturated carbocycles. The van der Waals surface area contributed by atoms with Gasteiger partial charge < -0.3 is 5.73 Å². The third kappa shape index (κ3) is 8.11. The van der Waals surface area contributed by atoms with Crippen molar-refractivity contribution in [3.05, 3.63) is 210 Å². The fraction of sp³-hybridized carbons (Fsp3) is 0.0204. The van der Waals surface area contributed by atoms with E-state index in [1.165, 1.54) is 73.7 Å². The number of anilines is 1. The number of thiophene rings is 2. The molecule has 0 amide bonds. The molecule has 0 radical (unpaired) electrons. The Hall–Kier alpha value is -5.52. The van der Waals surface area contributed by atoms with Crippen LogP contribution < -0.4 is 5.73 Å². The third-order valence-electron chi connectivity index (χ3n) is 9.27. The van der Waals surface area contributed by atoms with E-state index in [0.717, 1.165) is 16.6 Å². The molecule has 0 spiro atoms. The molecule has 0 aliphatic carbocycles. The standard InChI is InChI=1S/C25H18S.C12H7BrS.C12H11N/c1-2-6-20(7-3-1)21-13-10-18(11-14-21)16-19-12-15-25-23(17-19)22-8-4-5-9-24(22)26-25;13-8-5-6-12-10(7-8)9-3-1-2-4-11(9)14-12;13-12-8-6-11(7-9-12)10-4-2-1-3-5-10/h1-15,17H,16H2;1-7H;1-9H,13H2. The van der Waals surface area contributed by atoms with Gasteiger partial charge in [-0.15, -0.1) is 22.7 Å². The monoisotopic (exact) mass is 781 g/mol. The lowest BCUT2D eigenvalue weighted by Crippen LogP contribution is -1.88. The zero-order valence-electron chi connectivity index (χ0n) is 29.0. The first-order valence-corrected chi connectivity index (χ1v) is 20.0. The molecule has 2 aromatic heterocycles. The Morgan fingerprint density at radius 1 is 0.358 bits per heavy atom. The van der Waals surface area contributed by atoms with Crippen LogP contribution in [0.3, 0.4) is 0 Å². The summed E-state index contributed by atoms with van der Waals surface area (Å²) in [6.07, 6.45) is 0.967. The fourth-order valence-corrected chi connectivity index (χ4v) is 9.10. The number of halogens is 1. The van der Waals surface area contributed by atoms with E-state index in [4.69, 9.17) is 5.73 Å². The summed E-state index contributed by atoms with van der Waals surface area (Å²) in [6.45, 7) is 0. The van der Waals surface area contributed by atoms with Crippen LogP contribution in [-0.4, -0.2) is 0 Å². The molecule has 2 heterocycles. The predicted octanol–water partition coefficient (Wildman–Crippen LogP) is 15.1. The predicted molar refractivity (Wildman–Crippen MR) is 237 cm³/mol. The molecular formula is C49H36BrNS2. The van der Waals surface area contributed by atoms with Crippen molar-refractivity contribution in [3.8, 4) is 22.3 Å². The van der Waals surface area contributed by atoms with Crippen molar-refractivity contribution in [2.45, 2.75) is 6.42 Å². The molecule has 4 heteroatoms. The summed E-state index contributed by atoms with van der Waals surface area (Å²) in [4.78, 5) is 0. The van der Waals surface area contributed by atoms with Gasteiger partial charge in [-0.2, -0.15) is 0 Å². The first kappa shape index (κ1) is 34.6. The summed E-state index contributed by atoms with van der Waals surface area (Å²) < 4.78 is 6.60. The van der Waals surface area contributed by atoms with Gasteiger partial charge in [0, 0.05) is 50.5 Å². The zero-order chi connectivity index (χ0) is 36.0. The van der Waals surface area contributed by atoms with Crippen LogP contribution in [0.2, 0.25) is 0 Å². The summed E-state index contributed by atoms with van der Waals surface area (Å²) in [7, 11) is 0. The maximum Gasteiger partial charge on any atom is 0.0356 e. The smallest absolute Gasteiger partial charge is 0.0356 e. The van der Waals surface area contributed by atoms with Crippen LogP contribution >= 0.6 is 38.6 Å². The molecule has 0 bridgehead atoms. The summed E-state index contributed by atoms with van der Waals surface area (Å²) in [5, 5.41) is 5.45. The molecule has 0 unspecified atom stereocenters. The minimum absolute atomic E-state index is 0.805. The van der Waals surface area contributed by atoms with Crippen LogP contribution in [0.15, 0.2) is 199 Å². The Balaban J connectivity index is 0.000000125. The Bertz CT molecular complexity index is 2750. The maximum absolute atomic E-state index is 5.60. The van der Waals surface area contributed by atoms with Gasteiger partial charge in [-0.25, -0.2) is 0 Å². The fourth-order valence-electron chi connectivity index (χ4n) is 6.57. The number of nitrogen functional groups attached to an aromatic ring is 1. The Morgan fingerprint density at radius 2 is 0.774 bits per heavy atom. The Labute approximate surface area is 326 Å². The highest BCUT2D eigenvalue weighted by Gasteiger charge is 2.07. The van der Waals surface area contributed by atoms with E-state index in [1.807, 2.05) is 65.1 Å². The first-order chi connectivity index (χ1) is 26.1. The van der Waals surface area contributed by atoms with Crippen LogP contribution in [0.5, 0.6) is 0 Å². The van der Waals surface area contributed by atoms with Gasteiger partial charge in [-0.05, 0) is 94.4 Å². The van der Waals surface area contributed by atoms with Crippen molar-refractivity contribution in [2.24, 2.45) is 0 Å². The lowest BCUT2D eigenvalue weighted by molar-refractivity contribution is 1.20. The highest BCUT2D eigenvalue weighted by molar-refractivity contribution is 9.10. The van der Waals surface area contributed by atoms with Crippen molar-refractivity contribution >= 4 is 84.6 Å². The summed E-state index contributed by atoms with van der Waals surface area (Å²) in [5.41, 5.74) is 14.1. The average molecular weight is 783 g/mol. The maximum atomic E-state index is 5.60. The van der Waals surface area contributed by atoms with Gasteiger partial charge in [-0.3, -0.25) is 0 Å². The number of rotatable bonds is 4. The number of nitrogens with two attached hydrogens (primary N) is 1. The van der Waals surface area contributed by atoms with Gasteiger partial charge in [0.05, 0.1) is 0 Å². The van der Waals surface area contributed by atoms with Crippen LogP contribution in [0.1, 0.15) is 11.1 Å². The molecule has 0 saturated heterocycles. The van der Waals surface area contributed by atoms with E-state index in [9.17, 15) is 0 Å². The lowest BCUT2D eigenvalue weighted by atomic mass is 9.99. The van der Waals surface area contributed by atoms with E-state index < -0.39 is 0 Å². The SMILES string of the molecule is Brc1ccc2sc3ccccc3c2c1.Nc1ccc(-c2ccccc2)cc1.c1ccc(-c2ccc(Cc3ccc4sc5ccccc5c4c3)cc2)cc1. The molecule has 8 aromatic carbocycles. The number of hydrogen-bond acceptors (Lipinski definition) is 3. The van der Waals surface area contributed by atoms with Crippen LogP contribution in [0, 0.1) is 0 Å². The second kappa shape index (κ2) is 16.0. The number of hydrogen-bond donors (Lipinski definition) is 1. The average Bonchev–Trinajstić information content (AvgIpc) is 3.77. The van der Waals surface area contributed by atoms with Crippen molar-refractivity contribution in [3.63, 3.8) is 0 Å². The highest BCUT2D eigenvalue weighted by Crippen LogP contribution is 2.36. The highest BCUT2D eigenvalue weighted by atomic mass is 79.9. The second-order valence-corrected chi connectivity index (χ2v) is 16.0. The minimum Gasteiger partial charge on any atom is -0.399 e. The van der Waals surface area contributed by atoms with Crippen LogP contribution in [-0.2, 0) is 6.42 Å². The second-order valence-electron chi connectivity index (χ2n) is 12.9. The molecule has 0 aliphatic rings. The molecule has 0 aliphatic heterocycles. The van der Waals surface area contributed by atoms with Gasteiger partial charge in [0.15, 0.2) is 0 Å². The molecular weight excluding hydrogens is 747 g/mol. The topological polar surface area (TPSA) is 26.0 Å². The summed E-state index contributed by atoms with van der Waals surface area (Å²) >= 11 is 7.23. The molecule has 10 aromatic rings. The lowest BCUT2D eigenvalue weighted by Gasteiger charge is -2.06. The molecule has 53 heavy (non-hydrogen) atoms. The first-order valence-electron chi connectivity index (χ1n) is 17.6. The third-order valence-corrected chi connectivity index (χ3v) is 12.1. The Kier molecular flexibility index (Phi) is 10.4. The van der Waals surface area contributed by atoms with Gasteiger partial charge in [0.25, 0.3) is 0 Å². The van der Waals surface area contributed by atoms with Gasteiger partial charge in [-0.1, -0.05) is 155 Å². The minimum atomic E-state index is 0.805. The molecule has 10 rings (SSSR count). The van der Waals surface area contributed by atoms with Crippen molar-refractivity contribution in [1.82, 2.24) is 0 Å².